The lowest BCUT2D eigenvalue weighted by Gasteiger charge is -2.07. The molecule has 1 heterocycles. The molecule has 0 aliphatic heterocycles. The number of aromatic nitrogens is 3. The molecule has 0 fully saturated rings. The largest absolute Gasteiger partial charge is 0.325 e. The molecule has 1 amide bonds. The van der Waals surface area contributed by atoms with Gasteiger partial charge >= 0.3 is 0 Å². The lowest BCUT2D eigenvalue weighted by molar-refractivity contribution is -0.113. The number of carbonyl (C=O) groups is 1. The Morgan fingerprint density at radius 1 is 1.26 bits per heavy atom. The van der Waals surface area contributed by atoms with Crippen molar-refractivity contribution in [1.82, 2.24) is 14.8 Å². The van der Waals surface area contributed by atoms with Crippen LogP contribution >= 0.6 is 27.7 Å². The Labute approximate surface area is 149 Å². The minimum Gasteiger partial charge on any atom is -0.325 e. The number of amides is 1. The minimum atomic E-state index is -0.0434. The Balaban J connectivity index is 1.91. The van der Waals surface area contributed by atoms with Crippen LogP contribution in [-0.2, 0) is 17.8 Å². The van der Waals surface area contributed by atoms with Crippen molar-refractivity contribution in [2.75, 3.05) is 11.1 Å². The van der Waals surface area contributed by atoms with Gasteiger partial charge < -0.3 is 9.88 Å². The van der Waals surface area contributed by atoms with Crippen molar-refractivity contribution in [1.29, 1.82) is 0 Å². The van der Waals surface area contributed by atoms with Gasteiger partial charge in [0.1, 0.15) is 5.82 Å². The van der Waals surface area contributed by atoms with Crippen molar-refractivity contribution in [2.45, 2.75) is 44.8 Å². The molecule has 1 aromatic heterocycles. The number of unbranched alkanes of at least 4 members (excludes halogenated alkanes) is 1. The number of aryl methyl sites for hydroxylation is 1. The highest BCUT2D eigenvalue weighted by Crippen LogP contribution is 2.19. The molecule has 0 saturated heterocycles. The number of anilines is 1. The summed E-state index contributed by atoms with van der Waals surface area (Å²) >= 11 is 4.80. The number of carbonyl (C=O) groups excluding carboxylic acids is 1. The van der Waals surface area contributed by atoms with E-state index in [0.29, 0.717) is 5.75 Å². The van der Waals surface area contributed by atoms with Gasteiger partial charge in [-0.25, -0.2) is 0 Å². The van der Waals surface area contributed by atoms with Gasteiger partial charge in [0.05, 0.1) is 5.75 Å². The fourth-order valence-electron chi connectivity index (χ4n) is 2.12. The van der Waals surface area contributed by atoms with E-state index >= 15 is 0 Å². The van der Waals surface area contributed by atoms with Crippen molar-refractivity contribution >= 4 is 39.3 Å². The molecule has 0 unspecified atom stereocenters. The maximum atomic E-state index is 12.0. The quantitative estimate of drug-likeness (QED) is 0.681. The zero-order chi connectivity index (χ0) is 16.7. The predicted octanol–water partition coefficient (Wildman–Crippen LogP) is 4.13. The van der Waals surface area contributed by atoms with E-state index in [2.05, 4.69) is 49.9 Å². The summed E-state index contributed by atoms with van der Waals surface area (Å²) in [5, 5.41) is 12.2. The van der Waals surface area contributed by atoms with Crippen LogP contribution in [0.15, 0.2) is 33.9 Å². The second-order valence-corrected chi connectivity index (χ2v) is 6.95. The Morgan fingerprint density at radius 2 is 2.00 bits per heavy atom. The van der Waals surface area contributed by atoms with Crippen LogP contribution in [0.1, 0.15) is 32.5 Å². The average molecular weight is 397 g/mol. The molecule has 1 N–H and O–H groups in total. The van der Waals surface area contributed by atoms with Crippen LogP contribution in [0, 0.1) is 0 Å². The zero-order valence-corrected chi connectivity index (χ0v) is 15.8. The summed E-state index contributed by atoms with van der Waals surface area (Å²) in [6.07, 6.45) is 3.17. The van der Waals surface area contributed by atoms with E-state index in [1.165, 1.54) is 11.8 Å². The second kappa shape index (κ2) is 9.08. The molecule has 5 nitrogen and oxygen atoms in total. The first-order valence-corrected chi connectivity index (χ1v) is 9.52. The fraction of sp³-hybridized carbons (Fsp3) is 0.438. The maximum absolute atomic E-state index is 12.0. The summed E-state index contributed by atoms with van der Waals surface area (Å²) < 4.78 is 3.08. The standard InChI is InChI=1S/C16H21BrN4OS/c1-3-5-6-14-19-20-16(21(14)4-2)23-11-15(22)18-13-9-7-12(17)8-10-13/h7-10H,3-6,11H2,1-2H3,(H,18,22). The fourth-order valence-corrected chi connectivity index (χ4v) is 3.21. The number of benzene rings is 1. The van der Waals surface area contributed by atoms with E-state index in [9.17, 15) is 4.79 Å². The van der Waals surface area contributed by atoms with E-state index in [1.54, 1.807) is 0 Å². The molecule has 1 aromatic carbocycles. The molecule has 7 heteroatoms. The highest BCUT2D eigenvalue weighted by Gasteiger charge is 2.12. The Hall–Kier alpha value is -1.34. The third-order valence-electron chi connectivity index (χ3n) is 3.32. The summed E-state index contributed by atoms with van der Waals surface area (Å²) in [5.41, 5.74) is 0.791. The lowest BCUT2D eigenvalue weighted by atomic mass is 10.2. The van der Waals surface area contributed by atoms with Crippen molar-refractivity contribution < 1.29 is 4.79 Å². The van der Waals surface area contributed by atoms with Gasteiger partial charge in [0, 0.05) is 23.1 Å². The van der Waals surface area contributed by atoms with Crippen molar-refractivity contribution in [3.8, 4) is 0 Å². The van der Waals surface area contributed by atoms with Crippen molar-refractivity contribution in [2.24, 2.45) is 0 Å². The monoisotopic (exact) mass is 396 g/mol. The Morgan fingerprint density at radius 3 is 2.65 bits per heavy atom. The highest BCUT2D eigenvalue weighted by molar-refractivity contribution is 9.10. The van der Waals surface area contributed by atoms with Gasteiger partial charge in [-0.05, 0) is 37.6 Å². The molecule has 0 spiro atoms. The second-order valence-electron chi connectivity index (χ2n) is 5.09. The molecule has 2 aromatic rings. The normalized spacial score (nSPS) is 10.7. The topological polar surface area (TPSA) is 59.8 Å². The first kappa shape index (κ1) is 18.0. The van der Waals surface area contributed by atoms with Crippen LogP contribution in [-0.4, -0.2) is 26.4 Å². The first-order valence-electron chi connectivity index (χ1n) is 7.74. The van der Waals surface area contributed by atoms with Crippen LogP contribution < -0.4 is 5.32 Å². The van der Waals surface area contributed by atoms with Gasteiger partial charge in [0.2, 0.25) is 5.91 Å². The predicted molar refractivity (Wildman–Crippen MR) is 97.8 cm³/mol. The summed E-state index contributed by atoms with van der Waals surface area (Å²) in [4.78, 5) is 12.0. The van der Waals surface area contributed by atoms with Crippen molar-refractivity contribution in [3.63, 3.8) is 0 Å². The smallest absolute Gasteiger partial charge is 0.234 e. The van der Waals surface area contributed by atoms with Crippen LogP contribution in [0.5, 0.6) is 0 Å². The molecule has 23 heavy (non-hydrogen) atoms. The Kier molecular flexibility index (Phi) is 7.11. The molecular formula is C16H21BrN4OS. The van der Waals surface area contributed by atoms with Gasteiger partial charge in [-0.2, -0.15) is 0 Å². The van der Waals surface area contributed by atoms with Gasteiger partial charge in [-0.1, -0.05) is 41.0 Å². The maximum Gasteiger partial charge on any atom is 0.234 e. The summed E-state index contributed by atoms with van der Waals surface area (Å²) in [6.45, 7) is 5.06. The highest BCUT2D eigenvalue weighted by atomic mass is 79.9. The van der Waals surface area contributed by atoms with Gasteiger partial charge in [0.15, 0.2) is 5.16 Å². The average Bonchev–Trinajstić information content (AvgIpc) is 2.95. The number of rotatable bonds is 8. The SMILES string of the molecule is CCCCc1nnc(SCC(=O)Nc2ccc(Br)cc2)n1CC. The van der Waals surface area contributed by atoms with Crippen LogP contribution in [0.3, 0.4) is 0 Å². The molecule has 2 rings (SSSR count). The third kappa shape index (κ3) is 5.35. The number of halogens is 1. The number of nitrogens with one attached hydrogen (secondary N) is 1. The van der Waals surface area contributed by atoms with Gasteiger partial charge in [-0.3, -0.25) is 4.79 Å². The van der Waals surface area contributed by atoms with Crippen LogP contribution in [0.2, 0.25) is 0 Å². The van der Waals surface area contributed by atoms with E-state index in [4.69, 9.17) is 0 Å². The molecular weight excluding hydrogens is 376 g/mol. The number of thioether (sulfide) groups is 1. The number of hydrogen-bond acceptors (Lipinski definition) is 4. The molecule has 0 radical (unpaired) electrons. The Bertz CT molecular complexity index is 642. The van der Waals surface area contributed by atoms with E-state index in [0.717, 1.165) is 46.9 Å². The molecule has 0 bridgehead atoms. The van der Waals surface area contributed by atoms with Gasteiger partial charge in [-0.15, -0.1) is 10.2 Å². The molecule has 0 aliphatic rings. The van der Waals surface area contributed by atoms with E-state index in [-0.39, 0.29) is 5.91 Å². The molecule has 124 valence electrons. The van der Waals surface area contributed by atoms with Gasteiger partial charge in [0.25, 0.3) is 0 Å². The lowest BCUT2D eigenvalue weighted by Crippen LogP contribution is -2.14. The summed E-state index contributed by atoms with van der Waals surface area (Å²) in [6, 6.07) is 7.53. The summed E-state index contributed by atoms with van der Waals surface area (Å²) in [7, 11) is 0. The number of nitrogens with zero attached hydrogens (tertiary/aromatic N) is 3. The molecule has 0 saturated carbocycles. The van der Waals surface area contributed by atoms with E-state index in [1.807, 2.05) is 24.3 Å². The number of hydrogen-bond donors (Lipinski definition) is 1. The minimum absolute atomic E-state index is 0.0434. The van der Waals surface area contributed by atoms with E-state index < -0.39 is 0 Å². The molecule has 0 atom stereocenters. The third-order valence-corrected chi connectivity index (χ3v) is 4.82. The zero-order valence-electron chi connectivity index (χ0n) is 13.4. The van der Waals surface area contributed by atoms with Crippen LogP contribution in [0.4, 0.5) is 5.69 Å². The molecule has 0 aliphatic carbocycles. The van der Waals surface area contributed by atoms with Crippen molar-refractivity contribution in [3.05, 3.63) is 34.6 Å². The van der Waals surface area contributed by atoms with Crippen LogP contribution in [0.25, 0.3) is 0 Å². The summed E-state index contributed by atoms with van der Waals surface area (Å²) in [5.74, 6) is 1.28. The first-order chi connectivity index (χ1) is 11.1.